The minimum Gasteiger partial charge on any atom is -0.310 e. The molecular formula is C11H11ClFN3. The van der Waals surface area contributed by atoms with Crippen LogP contribution in [0.3, 0.4) is 0 Å². The van der Waals surface area contributed by atoms with Crippen molar-refractivity contribution in [2.45, 2.75) is 19.3 Å². The van der Waals surface area contributed by atoms with Gasteiger partial charge in [0.05, 0.1) is 11.4 Å². The van der Waals surface area contributed by atoms with Gasteiger partial charge in [-0.1, -0.05) is 12.1 Å². The van der Waals surface area contributed by atoms with E-state index in [0.29, 0.717) is 23.8 Å². The molecular weight excluding hydrogens is 229 g/mol. The van der Waals surface area contributed by atoms with E-state index in [0.717, 1.165) is 0 Å². The molecule has 0 amide bonds. The zero-order chi connectivity index (χ0) is 11.5. The number of benzene rings is 1. The minimum absolute atomic E-state index is 0.273. The zero-order valence-corrected chi connectivity index (χ0v) is 9.58. The molecule has 0 atom stereocenters. The summed E-state index contributed by atoms with van der Waals surface area (Å²) in [6.45, 7) is 2.61. The van der Waals surface area contributed by atoms with Gasteiger partial charge in [0, 0.05) is 6.54 Å². The first-order chi connectivity index (χ1) is 7.77. The lowest BCUT2D eigenvalue weighted by atomic mass is 10.2. The summed E-state index contributed by atoms with van der Waals surface area (Å²) in [5.74, 6) is 1.15. The first-order valence-electron chi connectivity index (χ1n) is 5.00. The molecule has 0 saturated carbocycles. The maximum atomic E-state index is 13.6. The van der Waals surface area contributed by atoms with Crippen LogP contribution in [0.25, 0.3) is 11.4 Å². The first-order valence-corrected chi connectivity index (χ1v) is 5.54. The summed E-state index contributed by atoms with van der Waals surface area (Å²) in [6, 6.07) is 6.51. The predicted molar refractivity (Wildman–Crippen MR) is 60.6 cm³/mol. The van der Waals surface area contributed by atoms with E-state index in [-0.39, 0.29) is 11.7 Å². The second-order valence-electron chi connectivity index (χ2n) is 3.30. The van der Waals surface area contributed by atoms with Gasteiger partial charge in [-0.3, -0.25) is 0 Å². The van der Waals surface area contributed by atoms with Gasteiger partial charge >= 0.3 is 0 Å². The van der Waals surface area contributed by atoms with Crippen molar-refractivity contribution >= 4 is 11.6 Å². The highest BCUT2D eigenvalue weighted by atomic mass is 35.5. The van der Waals surface area contributed by atoms with E-state index in [1.807, 2.05) is 11.5 Å². The molecule has 0 aliphatic rings. The van der Waals surface area contributed by atoms with Crippen molar-refractivity contribution < 1.29 is 4.39 Å². The fourth-order valence-electron chi connectivity index (χ4n) is 1.61. The Morgan fingerprint density at radius 2 is 2.06 bits per heavy atom. The molecule has 0 saturated heterocycles. The summed E-state index contributed by atoms with van der Waals surface area (Å²) >= 11 is 5.73. The molecule has 0 aliphatic heterocycles. The van der Waals surface area contributed by atoms with Crippen LogP contribution in [0.1, 0.15) is 12.7 Å². The summed E-state index contributed by atoms with van der Waals surface area (Å²) in [4.78, 5) is 0. The topological polar surface area (TPSA) is 30.7 Å². The van der Waals surface area contributed by atoms with Crippen LogP contribution in [0, 0.1) is 5.82 Å². The second-order valence-corrected chi connectivity index (χ2v) is 3.56. The Hall–Kier alpha value is -1.42. The van der Waals surface area contributed by atoms with Crippen LogP contribution in [0.2, 0.25) is 0 Å². The number of rotatable bonds is 3. The van der Waals surface area contributed by atoms with Gasteiger partial charge in [0.25, 0.3) is 0 Å². The standard InChI is InChI=1S/C11H11ClFN3/c1-2-16-10(7-12)14-15-11(16)8-5-3-4-6-9(8)13/h3-6H,2,7H2,1H3. The smallest absolute Gasteiger partial charge is 0.166 e. The van der Waals surface area contributed by atoms with Crippen molar-refractivity contribution in [3.05, 3.63) is 35.9 Å². The minimum atomic E-state index is -0.300. The molecule has 0 spiro atoms. The van der Waals surface area contributed by atoms with Crippen LogP contribution in [-0.4, -0.2) is 14.8 Å². The zero-order valence-electron chi connectivity index (χ0n) is 8.82. The van der Waals surface area contributed by atoms with Gasteiger partial charge < -0.3 is 4.57 Å². The molecule has 3 nitrogen and oxygen atoms in total. The molecule has 16 heavy (non-hydrogen) atoms. The highest BCUT2D eigenvalue weighted by Crippen LogP contribution is 2.21. The van der Waals surface area contributed by atoms with Crippen molar-refractivity contribution in [2.24, 2.45) is 0 Å². The summed E-state index contributed by atoms with van der Waals surface area (Å²) in [6.07, 6.45) is 0. The Morgan fingerprint density at radius 1 is 1.31 bits per heavy atom. The fourth-order valence-corrected chi connectivity index (χ4v) is 1.81. The average molecular weight is 240 g/mol. The van der Waals surface area contributed by atoms with Gasteiger partial charge in [0.2, 0.25) is 0 Å². The molecule has 1 aromatic carbocycles. The summed E-state index contributed by atoms with van der Waals surface area (Å²) in [7, 11) is 0. The van der Waals surface area contributed by atoms with E-state index in [9.17, 15) is 4.39 Å². The predicted octanol–water partition coefficient (Wildman–Crippen LogP) is 2.84. The Morgan fingerprint density at radius 3 is 2.69 bits per heavy atom. The van der Waals surface area contributed by atoms with Gasteiger partial charge in [-0.2, -0.15) is 0 Å². The molecule has 0 bridgehead atoms. The third kappa shape index (κ3) is 1.80. The number of hydrogen-bond donors (Lipinski definition) is 0. The van der Waals surface area contributed by atoms with Gasteiger partial charge in [-0.25, -0.2) is 4.39 Å². The largest absolute Gasteiger partial charge is 0.310 e. The maximum absolute atomic E-state index is 13.6. The van der Waals surface area contributed by atoms with Gasteiger partial charge in [0.15, 0.2) is 5.82 Å². The number of nitrogens with zero attached hydrogens (tertiary/aromatic N) is 3. The van der Waals surface area contributed by atoms with Crippen molar-refractivity contribution in [2.75, 3.05) is 0 Å². The maximum Gasteiger partial charge on any atom is 0.166 e. The molecule has 0 N–H and O–H groups in total. The van der Waals surface area contributed by atoms with Crippen molar-refractivity contribution in [1.29, 1.82) is 0 Å². The number of hydrogen-bond acceptors (Lipinski definition) is 2. The van der Waals surface area contributed by atoms with Crippen molar-refractivity contribution in [1.82, 2.24) is 14.8 Å². The summed E-state index contributed by atoms with van der Waals surface area (Å²) < 4.78 is 15.4. The number of aromatic nitrogens is 3. The lowest BCUT2D eigenvalue weighted by Gasteiger charge is -2.06. The lowest BCUT2D eigenvalue weighted by Crippen LogP contribution is -2.02. The van der Waals surface area contributed by atoms with Crippen LogP contribution in [-0.2, 0) is 12.4 Å². The molecule has 2 rings (SSSR count). The highest BCUT2D eigenvalue weighted by molar-refractivity contribution is 6.16. The Bertz CT molecular complexity index is 496. The average Bonchev–Trinajstić information content (AvgIpc) is 2.72. The van der Waals surface area contributed by atoms with Crippen LogP contribution in [0.5, 0.6) is 0 Å². The van der Waals surface area contributed by atoms with Crippen LogP contribution in [0.15, 0.2) is 24.3 Å². The SMILES string of the molecule is CCn1c(CCl)nnc1-c1ccccc1F. The molecule has 0 radical (unpaired) electrons. The Kier molecular flexibility index (Phi) is 3.19. The van der Waals surface area contributed by atoms with Gasteiger partial charge in [-0.05, 0) is 19.1 Å². The van der Waals surface area contributed by atoms with E-state index in [1.54, 1.807) is 18.2 Å². The second kappa shape index (κ2) is 4.61. The Balaban J connectivity index is 2.56. The summed E-state index contributed by atoms with van der Waals surface area (Å²) in [5.41, 5.74) is 0.452. The van der Waals surface area contributed by atoms with E-state index in [1.165, 1.54) is 6.07 Å². The molecule has 0 unspecified atom stereocenters. The van der Waals surface area contributed by atoms with Crippen LogP contribution < -0.4 is 0 Å². The van der Waals surface area contributed by atoms with Crippen molar-refractivity contribution in [3.8, 4) is 11.4 Å². The molecule has 84 valence electrons. The molecule has 0 aliphatic carbocycles. The third-order valence-corrected chi connectivity index (χ3v) is 2.62. The van der Waals surface area contributed by atoms with Crippen molar-refractivity contribution in [3.63, 3.8) is 0 Å². The van der Waals surface area contributed by atoms with Crippen LogP contribution >= 0.6 is 11.6 Å². The van der Waals surface area contributed by atoms with E-state index in [2.05, 4.69) is 10.2 Å². The molecule has 1 aromatic heterocycles. The molecule has 2 aromatic rings. The number of halogens is 2. The highest BCUT2D eigenvalue weighted by Gasteiger charge is 2.14. The normalized spacial score (nSPS) is 10.7. The van der Waals surface area contributed by atoms with Crippen LogP contribution in [0.4, 0.5) is 4.39 Å². The lowest BCUT2D eigenvalue weighted by molar-refractivity contribution is 0.626. The molecule has 1 heterocycles. The molecule has 5 heteroatoms. The van der Waals surface area contributed by atoms with E-state index in [4.69, 9.17) is 11.6 Å². The van der Waals surface area contributed by atoms with Gasteiger partial charge in [0.1, 0.15) is 11.6 Å². The van der Waals surface area contributed by atoms with Gasteiger partial charge in [-0.15, -0.1) is 21.8 Å². The fraction of sp³-hybridized carbons (Fsp3) is 0.273. The van der Waals surface area contributed by atoms with E-state index >= 15 is 0 Å². The Labute approximate surface area is 97.9 Å². The monoisotopic (exact) mass is 239 g/mol. The van der Waals surface area contributed by atoms with E-state index < -0.39 is 0 Å². The first kappa shape index (κ1) is 11.1. The number of alkyl halides is 1. The molecule has 0 fully saturated rings. The third-order valence-electron chi connectivity index (χ3n) is 2.38. The quantitative estimate of drug-likeness (QED) is 0.771. The summed E-state index contributed by atoms with van der Waals surface area (Å²) in [5, 5.41) is 7.91.